The first kappa shape index (κ1) is 22.7. The molecule has 10 heteroatoms. The van der Waals surface area contributed by atoms with Crippen LogP contribution in [0.25, 0.3) is 0 Å². The van der Waals surface area contributed by atoms with Crippen LogP contribution in [0.5, 0.6) is 0 Å². The number of benzene rings is 2. The molecule has 2 aromatic rings. The predicted octanol–water partition coefficient (Wildman–Crippen LogP) is 1.30. The van der Waals surface area contributed by atoms with Crippen molar-refractivity contribution >= 4 is 61.7 Å². The summed E-state index contributed by atoms with van der Waals surface area (Å²) >= 11 is 0. The van der Waals surface area contributed by atoms with E-state index in [1.165, 1.54) is 36.4 Å². The SMILES string of the molecule is CC(C(=O)c1ccc(/C=N/S(=O)(=O)c2ccccc2)cc1)S(=O)(=O)O.[NaH]. The minimum atomic E-state index is -4.48. The van der Waals surface area contributed by atoms with Gasteiger partial charge < -0.3 is 0 Å². The molecule has 0 aliphatic carbocycles. The second-order valence-corrected chi connectivity index (χ2v) is 8.54. The van der Waals surface area contributed by atoms with Crippen molar-refractivity contribution in [3.8, 4) is 0 Å². The molecule has 26 heavy (non-hydrogen) atoms. The van der Waals surface area contributed by atoms with Crippen LogP contribution in [0.2, 0.25) is 0 Å². The molecule has 0 heterocycles. The number of rotatable bonds is 6. The fourth-order valence-electron chi connectivity index (χ4n) is 1.89. The molecule has 0 saturated carbocycles. The molecule has 2 rings (SSSR count). The molecule has 0 aliphatic rings. The number of sulfonamides is 1. The molecule has 0 spiro atoms. The number of carbonyl (C=O) groups excluding carboxylic acids is 1. The first-order valence-electron chi connectivity index (χ1n) is 7.07. The summed E-state index contributed by atoms with van der Waals surface area (Å²) in [6.45, 7) is 1.08. The molecule has 0 fully saturated rings. The van der Waals surface area contributed by atoms with Crippen molar-refractivity contribution < 1.29 is 26.2 Å². The standard InChI is InChI=1S/C16H15NO6S2.Na.H/c1-12(25(21,22)23)16(18)14-9-7-13(8-10-14)11-17-24(19,20)15-5-3-2-4-6-15;;/h2-12H,1H3,(H,21,22,23);;/b17-11+;;. The molecule has 0 bridgehead atoms. The van der Waals surface area contributed by atoms with Gasteiger partial charge in [-0.15, -0.1) is 0 Å². The van der Waals surface area contributed by atoms with Crippen LogP contribution in [0.4, 0.5) is 0 Å². The van der Waals surface area contributed by atoms with Crippen LogP contribution in [0.3, 0.4) is 0 Å². The summed E-state index contributed by atoms with van der Waals surface area (Å²) in [5.74, 6) is -0.761. The average molecular weight is 405 g/mol. The molecule has 1 unspecified atom stereocenters. The number of carbonyl (C=O) groups is 1. The van der Waals surface area contributed by atoms with Crippen LogP contribution >= 0.6 is 0 Å². The second-order valence-electron chi connectivity index (χ2n) is 5.17. The summed E-state index contributed by atoms with van der Waals surface area (Å²) in [4.78, 5) is 12.0. The molecule has 1 atom stereocenters. The fraction of sp³-hybridized carbons (Fsp3) is 0.125. The van der Waals surface area contributed by atoms with Crippen LogP contribution in [-0.2, 0) is 20.1 Å². The van der Waals surface area contributed by atoms with E-state index in [0.29, 0.717) is 5.56 Å². The van der Waals surface area contributed by atoms with Crippen LogP contribution in [0.1, 0.15) is 22.8 Å². The molecular formula is C16H16NNaO6S2. The van der Waals surface area contributed by atoms with Crippen molar-refractivity contribution in [3.05, 3.63) is 65.7 Å². The Labute approximate surface area is 174 Å². The van der Waals surface area contributed by atoms with Crippen molar-refractivity contribution in [2.24, 2.45) is 4.40 Å². The fourth-order valence-corrected chi connectivity index (χ4v) is 3.18. The minimum absolute atomic E-state index is 0. The molecule has 7 nitrogen and oxygen atoms in total. The molecule has 0 aliphatic heterocycles. The molecule has 134 valence electrons. The van der Waals surface area contributed by atoms with Gasteiger partial charge in [0.05, 0.1) is 4.90 Å². The van der Waals surface area contributed by atoms with Gasteiger partial charge in [0.2, 0.25) is 0 Å². The maximum absolute atomic E-state index is 12.0. The predicted molar refractivity (Wildman–Crippen MR) is 100 cm³/mol. The molecule has 2 aromatic carbocycles. The van der Waals surface area contributed by atoms with Crippen molar-refractivity contribution in [2.45, 2.75) is 17.1 Å². The summed E-state index contributed by atoms with van der Waals surface area (Å²) in [6.07, 6.45) is 1.13. The van der Waals surface area contributed by atoms with Crippen molar-refractivity contribution in [1.29, 1.82) is 0 Å². The molecule has 0 aromatic heterocycles. The maximum atomic E-state index is 12.0. The van der Waals surface area contributed by atoms with E-state index in [-0.39, 0.29) is 40.0 Å². The number of hydrogen-bond donors (Lipinski definition) is 1. The monoisotopic (exact) mass is 405 g/mol. The number of nitrogens with zero attached hydrogens (tertiary/aromatic N) is 1. The van der Waals surface area contributed by atoms with Gasteiger partial charge in [0.15, 0.2) is 5.78 Å². The zero-order valence-electron chi connectivity index (χ0n) is 13.1. The van der Waals surface area contributed by atoms with E-state index in [1.54, 1.807) is 18.2 Å². The Morgan fingerprint density at radius 2 is 1.54 bits per heavy atom. The zero-order valence-corrected chi connectivity index (χ0v) is 14.7. The van der Waals surface area contributed by atoms with Crippen molar-refractivity contribution in [2.75, 3.05) is 0 Å². The van der Waals surface area contributed by atoms with Crippen molar-refractivity contribution in [1.82, 2.24) is 0 Å². The summed E-state index contributed by atoms with van der Waals surface area (Å²) in [5, 5.41) is -1.58. The summed E-state index contributed by atoms with van der Waals surface area (Å²) < 4.78 is 58.6. The third-order valence-electron chi connectivity index (χ3n) is 3.39. The van der Waals surface area contributed by atoms with E-state index in [4.69, 9.17) is 4.55 Å². The number of Topliss-reactive ketones (excluding diaryl/α,β-unsaturated/α-hetero) is 1. The van der Waals surface area contributed by atoms with Gasteiger partial charge >= 0.3 is 29.6 Å². The number of hydrogen-bond acceptors (Lipinski definition) is 5. The van der Waals surface area contributed by atoms with E-state index < -0.39 is 31.2 Å². The summed E-state index contributed by atoms with van der Waals surface area (Å²) in [6, 6.07) is 13.2. The van der Waals surface area contributed by atoms with Crippen LogP contribution in [0.15, 0.2) is 63.9 Å². The normalized spacial score (nSPS) is 13.2. The van der Waals surface area contributed by atoms with Gasteiger partial charge in [-0.3, -0.25) is 9.35 Å². The molecule has 1 N–H and O–H groups in total. The first-order chi connectivity index (χ1) is 11.6. The van der Waals surface area contributed by atoms with Crippen molar-refractivity contribution in [3.63, 3.8) is 0 Å². The van der Waals surface area contributed by atoms with Gasteiger partial charge in [0, 0.05) is 11.8 Å². The first-order valence-corrected chi connectivity index (χ1v) is 10.0. The molecule has 0 radical (unpaired) electrons. The van der Waals surface area contributed by atoms with Gasteiger partial charge in [-0.25, -0.2) is 0 Å². The molecular weight excluding hydrogens is 389 g/mol. The van der Waals surface area contributed by atoms with Gasteiger partial charge in [-0.05, 0) is 24.6 Å². The quantitative estimate of drug-likeness (QED) is 0.335. The van der Waals surface area contributed by atoms with Crippen LogP contribution in [-0.4, -0.2) is 68.2 Å². The Balaban J connectivity index is 0.00000338. The Morgan fingerprint density at radius 3 is 2.04 bits per heavy atom. The zero-order chi connectivity index (χ0) is 18.7. The summed E-state index contributed by atoms with van der Waals surface area (Å²) in [7, 11) is -8.30. The Bertz CT molecular complexity index is 1000. The van der Waals surface area contributed by atoms with E-state index in [9.17, 15) is 21.6 Å². The Kier molecular flexibility index (Phi) is 7.87. The van der Waals surface area contributed by atoms with E-state index in [2.05, 4.69) is 4.40 Å². The van der Waals surface area contributed by atoms with Crippen LogP contribution in [0, 0.1) is 0 Å². The average Bonchev–Trinajstić information content (AvgIpc) is 2.59. The Hall–Kier alpha value is -1.36. The van der Waals surface area contributed by atoms with Gasteiger partial charge in [-0.1, -0.05) is 42.5 Å². The van der Waals surface area contributed by atoms with Gasteiger partial charge in [0.1, 0.15) is 5.25 Å². The second kappa shape index (κ2) is 9.03. The van der Waals surface area contributed by atoms with Gasteiger partial charge in [0.25, 0.3) is 20.1 Å². The summed E-state index contributed by atoms with van der Waals surface area (Å²) in [5.41, 5.74) is 0.490. The van der Waals surface area contributed by atoms with Gasteiger partial charge in [-0.2, -0.15) is 21.2 Å². The third-order valence-corrected chi connectivity index (χ3v) is 5.75. The number of ketones is 1. The van der Waals surface area contributed by atoms with E-state index >= 15 is 0 Å². The third kappa shape index (κ3) is 5.83. The van der Waals surface area contributed by atoms with Crippen LogP contribution < -0.4 is 0 Å². The topological polar surface area (TPSA) is 118 Å². The van der Waals surface area contributed by atoms with E-state index in [0.717, 1.165) is 13.1 Å². The molecule has 0 amide bonds. The van der Waals surface area contributed by atoms with E-state index in [1.807, 2.05) is 0 Å². The molecule has 0 saturated heterocycles. The Morgan fingerprint density at radius 1 is 1.00 bits per heavy atom.